The zero-order chi connectivity index (χ0) is 15.3. The third kappa shape index (κ3) is 3.38. The van der Waals surface area contributed by atoms with E-state index >= 15 is 0 Å². The molecule has 0 saturated heterocycles. The molecule has 0 aliphatic rings. The summed E-state index contributed by atoms with van der Waals surface area (Å²) >= 11 is 0. The number of rotatable bonds is 8. The van der Waals surface area contributed by atoms with Crippen molar-refractivity contribution in [3.05, 3.63) is 11.4 Å². The Morgan fingerprint density at radius 2 is 2.05 bits per heavy atom. The van der Waals surface area contributed by atoms with Gasteiger partial charge in [0.2, 0.25) is 10.0 Å². The predicted octanol–water partition coefficient (Wildman–Crippen LogP) is 0.116. The van der Waals surface area contributed by atoms with Gasteiger partial charge in [0, 0.05) is 26.7 Å². The number of methoxy groups -OCH3 is 1. The first-order valence-electron chi connectivity index (χ1n) is 6.63. The summed E-state index contributed by atoms with van der Waals surface area (Å²) in [5, 5.41) is 4.26. The summed E-state index contributed by atoms with van der Waals surface area (Å²) in [6.07, 6.45) is 0. The molecule has 0 bridgehead atoms. The van der Waals surface area contributed by atoms with Crippen LogP contribution in [0.4, 0.5) is 0 Å². The number of hydrogen-bond donors (Lipinski definition) is 1. The SMILES string of the molecule is CCN(CCOC)S(=O)(=O)c1c(C)nn(CCN)c1C. The maximum absolute atomic E-state index is 12.7. The van der Waals surface area contributed by atoms with Crippen LogP contribution in [0.1, 0.15) is 18.3 Å². The van der Waals surface area contributed by atoms with Gasteiger partial charge in [-0.25, -0.2) is 8.42 Å². The van der Waals surface area contributed by atoms with E-state index in [4.69, 9.17) is 10.5 Å². The minimum absolute atomic E-state index is 0.281. The van der Waals surface area contributed by atoms with Crippen LogP contribution >= 0.6 is 0 Å². The predicted molar refractivity (Wildman–Crippen MR) is 77.1 cm³/mol. The summed E-state index contributed by atoms with van der Waals surface area (Å²) in [6.45, 7) is 7.28. The van der Waals surface area contributed by atoms with E-state index in [1.165, 1.54) is 4.31 Å². The Balaban J connectivity index is 3.20. The molecule has 1 heterocycles. The molecule has 0 amide bonds. The van der Waals surface area contributed by atoms with Crippen molar-refractivity contribution in [1.82, 2.24) is 14.1 Å². The quantitative estimate of drug-likeness (QED) is 0.736. The standard InChI is InChI=1S/C12H24N4O3S/c1-5-15(8-9-19-4)20(17,18)12-10(2)14-16(7-6-13)11(12)3/h5-9,13H2,1-4H3. The van der Waals surface area contributed by atoms with Gasteiger partial charge in [-0.2, -0.15) is 9.40 Å². The van der Waals surface area contributed by atoms with Crippen LogP contribution in [0, 0.1) is 13.8 Å². The molecule has 0 spiro atoms. The molecule has 2 N–H and O–H groups in total. The van der Waals surface area contributed by atoms with Gasteiger partial charge < -0.3 is 10.5 Å². The van der Waals surface area contributed by atoms with Crippen LogP contribution in [0.15, 0.2) is 4.90 Å². The number of ether oxygens (including phenoxy) is 1. The monoisotopic (exact) mass is 304 g/mol. The summed E-state index contributed by atoms with van der Waals surface area (Å²) in [4.78, 5) is 0.281. The van der Waals surface area contributed by atoms with E-state index < -0.39 is 10.0 Å². The topological polar surface area (TPSA) is 90.5 Å². The molecule has 116 valence electrons. The number of likely N-dealkylation sites (N-methyl/N-ethyl adjacent to an activating group) is 1. The second-order valence-electron chi connectivity index (χ2n) is 4.50. The largest absolute Gasteiger partial charge is 0.383 e. The first-order valence-corrected chi connectivity index (χ1v) is 8.07. The van der Waals surface area contributed by atoms with Crippen LogP contribution in [0.3, 0.4) is 0 Å². The van der Waals surface area contributed by atoms with E-state index in [0.29, 0.717) is 44.2 Å². The lowest BCUT2D eigenvalue weighted by Gasteiger charge is -2.20. The molecule has 0 aromatic carbocycles. The van der Waals surface area contributed by atoms with Crippen LogP contribution in [0.25, 0.3) is 0 Å². The lowest BCUT2D eigenvalue weighted by atomic mass is 10.4. The fourth-order valence-corrected chi connectivity index (χ4v) is 3.97. The van der Waals surface area contributed by atoms with E-state index in [9.17, 15) is 8.42 Å². The van der Waals surface area contributed by atoms with Crippen molar-refractivity contribution < 1.29 is 13.2 Å². The summed E-state index contributed by atoms with van der Waals surface area (Å²) in [6, 6.07) is 0. The highest BCUT2D eigenvalue weighted by molar-refractivity contribution is 7.89. The summed E-state index contributed by atoms with van der Waals surface area (Å²) in [5.74, 6) is 0. The van der Waals surface area contributed by atoms with Gasteiger partial charge in [-0.15, -0.1) is 0 Å². The minimum Gasteiger partial charge on any atom is -0.383 e. The average Bonchev–Trinajstić information content (AvgIpc) is 2.66. The number of aryl methyl sites for hydroxylation is 1. The smallest absolute Gasteiger partial charge is 0.246 e. The van der Waals surface area contributed by atoms with E-state index in [1.807, 2.05) is 6.92 Å². The minimum atomic E-state index is -3.55. The lowest BCUT2D eigenvalue weighted by molar-refractivity contribution is 0.180. The van der Waals surface area contributed by atoms with Crippen LogP contribution in [-0.4, -0.2) is 55.9 Å². The molecule has 1 aromatic rings. The van der Waals surface area contributed by atoms with E-state index in [-0.39, 0.29) is 4.90 Å². The third-order valence-electron chi connectivity index (χ3n) is 3.15. The molecule has 0 radical (unpaired) electrons. The van der Waals surface area contributed by atoms with Crippen molar-refractivity contribution >= 4 is 10.0 Å². The van der Waals surface area contributed by atoms with Gasteiger partial charge in [-0.05, 0) is 13.8 Å². The van der Waals surface area contributed by atoms with Gasteiger partial charge in [-0.1, -0.05) is 6.92 Å². The van der Waals surface area contributed by atoms with Gasteiger partial charge in [0.25, 0.3) is 0 Å². The summed E-state index contributed by atoms with van der Waals surface area (Å²) in [5.41, 5.74) is 6.65. The van der Waals surface area contributed by atoms with Gasteiger partial charge in [0.1, 0.15) is 4.90 Å². The van der Waals surface area contributed by atoms with E-state index in [1.54, 1.807) is 25.6 Å². The molecule has 1 rings (SSSR count). The van der Waals surface area contributed by atoms with Gasteiger partial charge in [0.15, 0.2) is 0 Å². The zero-order valence-corrected chi connectivity index (χ0v) is 13.4. The highest BCUT2D eigenvalue weighted by atomic mass is 32.2. The lowest BCUT2D eigenvalue weighted by Crippen LogP contribution is -2.34. The second-order valence-corrected chi connectivity index (χ2v) is 6.38. The normalized spacial score (nSPS) is 12.3. The van der Waals surface area contributed by atoms with Crippen LogP contribution in [0.5, 0.6) is 0 Å². The Kier molecular flexibility index (Phi) is 6.12. The molecule has 1 aromatic heterocycles. The highest BCUT2D eigenvalue weighted by Gasteiger charge is 2.29. The fourth-order valence-electron chi connectivity index (χ4n) is 2.16. The molecule has 0 aliphatic carbocycles. The Bertz CT molecular complexity index is 539. The number of hydrogen-bond acceptors (Lipinski definition) is 5. The molecule has 20 heavy (non-hydrogen) atoms. The van der Waals surface area contributed by atoms with Crippen molar-refractivity contribution in [1.29, 1.82) is 0 Å². The molecule has 0 atom stereocenters. The molecule has 7 nitrogen and oxygen atoms in total. The summed E-state index contributed by atoms with van der Waals surface area (Å²) in [7, 11) is -2.00. The van der Waals surface area contributed by atoms with Crippen molar-refractivity contribution in [2.24, 2.45) is 5.73 Å². The maximum atomic E-state index is 12.7. The Morgan fingerprint density at radius 1 is 1.40 bits per heavy atom. The average molecular weight is 304 g/mol. The Hall–Kier alpha value is -0.960. The first kappa shape index (κ1) is 17.1. The van der Waals surface area contributed by atoms with Gasteiger partial charge >= 0.3 is 0 Å². The van der Waals surface area contributed by atoms with Crippen LogP contribution < -0.4 is 5.73 Å². The van der Waals surface area contributed by atoms with Crippen molar-refractivity contribution in [2.45, 2.75) is 32.2 Å². The second kappa shape index (κ2) is 7.16. The number of nitrogens with two attached hydrogens (primary N) is 1. The van der Waals surface area contributed by atoms with Gasteiger partial charge in [-0.3, -0.25) is 4.68 Å². The number of sulfonamides is 1. The number of nitrogens with zero attached hydrogens (tertiary/aromatic N) is 3. The van der Waals surface area contributed by atoms with Crippen molar-refractivity contribution in [3.8, 4) is 0 Å². The summed E-state index contributed by atoms with van der Waals surface area (Å²) < 4.78 is 33.4. The van der Waals surface area contributed by atoms with Crippen LogP contribution in [-0.2, 0) is 21.3 Å². The third-order valence-corrected chi connectivity index (χ3v) is 5.38. The van der Waals surface area contributed by atoms with E-state index in [0.717, 1.165) is 0 Å². The molecule has 8 heteroatoms. The Morgan fingerprint density at radius 3 is 2.55 bits per heavy atom. The Labute approximate surface area is 120 Å². The molecule has 0 fully saturated rings. The van der Waals surface area contributed by atoms with E-state index in [2.05, 4.69) is 5.10 Å². The highest BCUT2D eigenvalue weighted by Crippen LogP contribution is 2.23. The molecular formula is C12H24N4O3S. The van der Waals surface area contributed by atoms with Gasteiger partial charge in [0.05, 0.1) is 24.5 Å². The maximum Gasteiger partial charge on any atom is 0.246 e. The number of aromatic nitrogens is 2. The molecule has 0 saturated carbocycles. The first-order chi connectivity index (χ1) is 9.39. The molecule has 0 aliphatic heterocycles. The van der Waals surface area contributed by atoms with Crippen molar-refractivity contribution in [3.63, 3.8) is 0 Å². The fraction of sp³-hybridized carbons (Fsp3) is 0.750. The van der Waals surface area contributed by atoms with Crippen LogP contribution in [0.2, 0.25) is 0 Å². The van der Waals surface area contributed by atoms with Crippen molar-refractivity contribution in [2.75, 3.05) is 33.4 Å². The molecule has 0 unspecified atom stereocenters. The zero-order valence-electron chi connectivity index (χ0n) is 12.6. The molecular weight excluding hydrogens is 280 g/mol.